The average molecular weight is 330 g/mol. The largest absolute Gasteiger partial charge is 0.481 e. The Bertz CT molecular complexity index is 891. The molecule has 4 heteroatoms. The van der Waals surface area contributed by atoms with E-state index in [0.717, 1.165) is 35.4 Å². The average Bonchev–Trinajstić information content (AvgIpc) is 2.66. The Kier molecular flexibility index (Phi) is 3.91. The summed E-state index contributed by atoms with van der Waals surface area (Å²) in [5, 5.41) is 6.04. The van der Waals surface area contributed by atoms with E-state index in [-0.39, 0.29) is 18.7 Å². The van der Waals surface area contributed by atoms with E-state index in [1.807, 2.05) is 36.4 Å². The molecule has 0 radical (unpaired) electrons. The third-order valence-electron chi connectivity index (χ3n) is 4.67. The molecule has 1 atom stereocenters. The lowest BCUT2D eigenvalue weighted by Crippen LogP contribution is -2.44. The summed E-state index contributed by atoms with van der Waals surface area (Å²) in [4.78, 5) is 12.2. The molecule has 0 saturated carbocycles. The number of aryl methyl sites for hydroxylation is 1. The number of urea groups is 1. The molecule has 4 rings (SSSR count). The number of hydrogen-bond donors (Lipinski definition) is 2. The summed E-state index contributed by atoms with van der Waals surface area (Å²) in [6, 6.07) is 15.7. The Morgan fingerprint density at radius 3 is 2.72 bits per heavy atom. The minimum Gasteiger partial charge on any atom is -0.481 e. The second-order valence-corrected chi connectivity index (χ2v) is 6.15. The molecule has 2 aliphatic rings. The molecule has 2 aromatic rings. The highest BCUT2D eigenvalue weighted by Gasteiger charge is 2.31. The molecule has 124 valence electrons. The van der Waals surface area contributed by atoms with Crippen molar-refractivity contribution >= 4 is 11.7 Å². The van der Waals surface area contributed by atoms with E-state index in [1.54, 1.807) is 0 Å². The second-order valence-electron chi connectivity index (χ2n) is 6.15. The van der Waals surface area contributed by atoms with Crippen LogP contribution in [0.2, 0.25) is 0 Å². The van der Waals surface area contributed by atoms with Gasteiger partial charge in [-0.05, 0) is 41.7 Å². The Labute approximate surface area is 146 Å². The Balaban J connectivity index is 1.70. The van der Waals surface area contributed by atoms with Crippen molar-refractivity contribution in [3.63, 3.8) is 0 Å². The van der Waals surface area contributed by atoms with Gasteiger partial charge < -0.3 is 15.4 Å². The number of terminal acetylenes is 1. The summed E-state index contributed by atoms with van der Waals surface area (Å²) in [6.07, 6.45) is 7.11. The summed E-state index contributed by atoms with van der Waals surface area (Å²) in [6.45, 7) is 0.246. The van der Waals surface area contributed by atoms with E-state index in [4.69, 9.17) is 11.2 Å². The highest BCUT2D eigenvalue weighted by molar-refractivity contribution is 5.91. The van der Waals surface area contributed by atoms with Gasteiger partial charge in [-0.25, -0.2) is 4.79 Å². The van der Waals surface area contributed by atoms with E-state index < -0.39 is 0 Å². The number of fused-ring (bicyclic) bond motifs is 2. The minimum absolute atomic E-state index is 0.126. The van der Waals surface area contributed by atoms with Gasteiger partial charge >= 0.3 is 6.03 Å². The molecule has 2 N–H and O–H groups in total. The molecule has 1 aliphatic heterocycles. The number of rotatable bonds is 3. The normalized spacial score (nSPS) is 18.4. The lowest BCUT2D eigenvalue weighted by atomic mass is 9.83. The molecule has 0 spiro atoms. The molecule has 4 nitrogen and oxygen atoms in total. The lowest BCUT2D eigenvalue weighted by molar-refractivity contribution is 0.240. The summed E-state index contributed by atoms with van der Waals surface area (Å²) < 4.78 is 5.42. The number of ether oxygens (including phenoxy) is 1. The van der Waals surface area contributed by atoms with Crippen molar-refractivity contribution < 1.29 is 9.53 Å². The van der Waals surface area contributed by atoms with Gasteiger partial charge in [0.05, 0.1) is 11.7 Å². The number of benzene rings is 2. The van der Waals surface area contributed by atoms with Crippen LogP contribution < -0.4 is 15.4 Å². The standard InChI is InChI=1S/C21H18N2O2/c1-2-13-25-16-10-7-15(8-11-16)19-18-12-9-14-5-3-4-6-17(14)20(18)23-21(24)22-19/h1,3-8,10-11,19H,9,12-13H2,(H2,22,23,24). The van der Waals surface area contributed by atoms with Crippen LogP contribution in [0.4, 0.5) is 4.79 Å². The Morgan fingerprint density at radius 2 is 1.92 bits per heavy atom. The van der Waals surface area contributed by atoms with E-state index >= 15 is 0 Å². The zero-order valence-corrected chi connectivity index (χ0v) is 13.7. The van der Waals surface area contributed by atoms with Crippen molar-refractivity contribution in [3.8, 4) is 18.1 Å². The van der Waals surface area contributed by atoms with Crippen LogP contribution in [0, 0.1) is 12.3 Å². The molecule has 0 aromatic heterocycles. The van der Waals surface area contributed by atoms with Crippen molar-refractivity contribution in [2.24, 2.45) is 0 Å². The lowest BCUT2D eigenvalue weighted by Gasteiger charge is -2.34. The maximum Gasteiger partial charge on any atom is 0.319 e. The number of amides is 2. The van der Waals surface area contributed by atoms with Crippen LogP contribution in [0.1, 0.15) is 29.2 Å². The molecule has 1 unspecified atom stereocenters. The van der Waals surface area contributed by atoms with Crippen LogP contribution in [-0.4, -0.2) is 12.6 Å². The van der Waals surface area contributed by atoms with Gasteiger partial charge in [0.2, 0.25) is 0 Å². The molecule has 1 aliphatic carbocycles. The van der Waals surface area contributed by atoms with Gasteiger partial charge in [-0.15, -0.1) is 6.42 Å². The van der Waals surface area contributed by atoms with Crippen molar-refractivity contribution in [3.05, 3.63) is 70.8 Å². The number of hydrogen-bond acceptors (Lipinski definition) is 2. The first-order valence-electron chi connectivity index (χ1n) is 8.31. The van der Waals surface area contributed by atoms with Gasteiger partial charge in [-0.3, -0.25) is 0 Å². The first-order valence-corrected chi connectivity index (χ1v) is 8.31. The van der Waals surface area contributed by atoms with Crippen molar-refractivity contribution in [1.29, 1.82) is 0 Å². The van der Waals surface area contributed by atoms with Crippen LogP contribution in [0.15, 0.2) is 54.1 Å². The van der Waals surface area contributed by atoms with Crippen LogP contribution in [-0.2, 0) is 6.42 Å². The molecular formula is C21H18N2O2. The fourth-order valence-corrected chi connectivity index (χ4v) is 3.52. The zero-order chi connectivity index (χ0) is 17.2. The molecular weight excluding hydrogens is 312 g/mol. The van der Waals surface area contributed by atoms with Gasteiger partial charge in [0.1, 0.15) is 12.4 Å². The molecule has 25 heavy (non-hydrogen) atoms. The number of carbonyl (C=O) groups is 1. The Morgan fingerprint density at radius 1 is 1.12 bits per heavy atom. The van der Waals surface area contributed by atoms with Crippen molar-refractivity contribution in [1.82, 2.24) is 10.6 Å². The monoisotopic (exact) mass is 330 g/mol. The number of carbonyl (C=O) groups excluding carboxylic acids is 1. The number of nitrogens with one attached hydrogen (secondary N) is 2. The van der Waals surface area contributed by atoms with Gasteiger partial charge in [0.25, 0.3) is 0 Å². The molecule has 0 fully saturated rings. The van der Waals surface area contributed by atoms with Gasteiger partial charge in [-0.1, -0.05) is 42.3 Å². The second kappa shape index (κ2) is 6.37. The molecule has 0 bridgehead atoms. The van der Waals surface area contributed by atoms with Gasteiger partial charge in [0, 0.05) is 5.56 Å². The van der Waals surface area contributed by atoms with Crippen LogP contribution >= 0.6 is 0 Å². The van der Waals surface area contributed by atoms with Crippen molar-refractivity contribution in [2.75, 3.05) is 6.61 Å². The molecule has 0 saturated heterocycles. The summed E-state index contributed by atoms with van der Waals surface area (Å²) in [5.74, 6) is 3.18. The van der Waals surface area contributed by atoms with E-state index in [0.29, 0.717) is 0 Å². The fourth-order valence-electron chi connectivity index (χ4n) is 3.52. The highest BCUT2D eigenvalue weighted by atomic mass is 16.5. The third-order valence-corrected chi connectivity index (χ3v) is 4.67. The molecule has 1 heterocycles. The highest BCUT2D eigenvalue weighted by Crippen LogP contribution is 2.38. The first-order chi connectivity index (χ1) is 12.3. The van der Waals surface area contributed by atoms with E-state index in [9.17, 15) is 4.79 Å². The third kappa shape index (κ3) is 2.85. The SMILES string of the molecule is C#CCOc1ccc(C2NC(=O)NC3=C2CCc2ccccc23)cc1. The predicted octanol–water partition coefficient (Wildman–Crippen LogP) is 3.41. The Hall–Kier alpha value is -3.19. The van der Waals surface area contributed by atoms with E-state index in [2.05, 4.69) is 28.7 Å². The smallest absolute Gasteiger partial charge is 0.319 e. The van der Waals surface area contributed by atoms with Crippen LogP contribution in [0.3, 0.4) is 0 Å². The van der Waals surface area contributed by atoms with Gasteiger partial charge in [0.15, 0.2) is 0 Å². The topological polar surface area (TPSA) is 50.4 Å². The van der Waals surface area contributed by atoms with Gasteiger partial charge in [-0.2, -0.15) is 0 Å². The minimum atomic E-state index is -0.173. The molecule has 2 aromatic carbocycles. The zero-order valence-electron chi connectivity index (χ0n) is 13.7. The van der Waals surface area contributed by atoms with E-state index in [1.165, 1.54) is 11.1 Å². The molecule has 2 amide bonds. The summed E-state index contributed by atoms with van der Waals surface area (Å²) in [7, 11) is 0. The quantitative estimate of drug-likeness (QED) is 0.848. The van der Waals surface area contributed by atoms with Crippen LogP contribution in [0.5, 0.6) is 5.75 Å². The summed E-state index contributed by atoms with van der Waals surface area (Å²) in [5.41, 5.74) is 5.60. The first kappa shape index (κ1) is 15.3. The maximum atomic E-state index is 12.2. The maximum absolute atomic E-state index is 12.2. The summed E-state index contributed by atoms with van der Waals surface area (Å²) >= 11 is 0. The fraction of sp³-hybridized carbons (Fsp3) is 0.190. The van der Waals surface area contributed by atoms with Crippen molar-refractivity contribution in [2.45, 2.75) is 18.9 Å². The van der Waals surface area contributed by atoms with Crippen LogP contribution in [0.25, 0.3) is 5.70 Å². The predicted molar refractivity (Wildman–Crippen MR) is 96.9 cm³/mol.